The third-order valence-electron chi connectivity index (χ3n) is 5.81. The SMILES string of the molecule is O=C(COc1ccccc1C(=O)NCC(c1cccc(F)c1)N1CCOCC1)Nc1ccccc1F. The van der Waals surface area contributed by atoms with Crippen LogP contribution in [0.5, 0.6) is 5.75 Å². The molecule has 36 heavy (non-hydrogen) atoms. The summed E-state index contributed by atoms with van der Waals surface area (Å²) >= 11 is 0. The van der Waals surface area contributed by atoms with E-state index in [1.54, 1.807) is 36.4 Å². The lowest BCUT2D eigenvalue weighted by atomic mass is 10.0. The number of carbonyl (C=O) groups is 2. The second kappa shape index (κ2) is 12.2. The number of anilines is 1. The Morgan fingerprint density at radius 3 is 2.50 bits per heavy atom. The molecule has 1 aliphatic rings. The monoisotopic (exact) mass is 495 g/mol. The Kier molecular flexibility index (Phi) is 8.59. The van der Waals surface area contributed by atoms with Gasteiger partial charge in [0.1, 0.15) is 17.4 Å². The van der Waals surface area contributed by atoms with Crippen molar-refractivity contribution in [2.45, 2.75) is 6.04 Å². The van der Waals surface area contributed by atoms with Gasteiger partial charge in [0.25, 0.3) is 11.8 Å². The molecule has 0 aromatic heterocycles. The minimum absolute atomic E-state index is 0.0450. The maximum absolute atomic E-state index is 13.9. The fourth-order valence-electron chi connectivity index (χ4n) is 4.02. The van der Waals surface area contributed by atoms with Crippen molar-refractivity contribution in [1.82, 2.24) is 10.2 Å². The molecule has 4 rings (SSSR count). The normalized spacial score (nSPS) is 14.6. The molecule has 3 aromatic rings. The Balaban J connectivity index is 1.41. The van der Waals surface area contributed by atoms with Gasteiger partial charge in [0.15, 0.2) is 6.61 Å². The summed E-state index contributed by atoms with van der Waals surface area (Å²) in [6.45, 7) is 2.28. The number of benzene rings is 3. The lowest BCUT2D eigenvalue weighted by molar-refractivity contribution is -0.118. The molecule has 1 unspecified atom stereocenters. The molecule has 7 nitrogen and oxygen atoms in total. The number of para-hydroxylation sites is 2. The van der Waals surface area contributed by atoms with Gasteiger partial charge in [0, 0.05) is 19.6 Å². The molecule has 188 valence electrons. The number of halogens is 2. The summed E-state index contributed by atoms with van der Waals surface area (Å²) in [5, 5.41) is 5.36. The summed E-state index contributed by atoms with van der Waals surface area (Å²) in [5.74, 6) is -1.64. The number of amides is 2. The van der Waals surface area contributed by atoms with E-state index in [0.29, 0.717) is 26.3 Å². The Bertz CT molecular complexity index is 1200. The molecule has 3 aromatic carbocycles. The third-order valence-corrected chi connectivity index (χ3v) is 5.81. The molecule has 1 aliphatic heterocycles. The first kappa shape index (κ1) is 25.3. The van der Waals surface area contributed by atoms with E-state index in [-0.39, 0.29) is 35.4 Å². The van der Waals surface area contributed by atoms with Gasteiger partial charge in [0.05, 0.1) is 30.5 Å². The van der Waals surface area contributed by atoms with Gasteiger partial charge in [-0.2, -0.15) is 0 Å². The Morgan fingerprint density at radius 1 is 0.972 bits per heavy atom. The average molecular weight is 496 g/mol. The zero-order chi connectivity index (χ0) is 25.3. The van der Waals surface area contributed by atoms with Crippen LogP contribution in [0.2, 0.25) is 0 Å². The van der Waals surface area contributed by atoms with Crippen LogP contribution in [0.15, 0.2) is 72.8 Å². The molecule has 1 heterocycles. The molecule has 0 bridgehead atoms. The highest BCUT2D eigenvalue weighted by Gasteiger charge is 2.24. The van der Waals surface area contributed by atoms with E-state index in [0.717, 1.165) is 5.56 Å². The van der Waals surface area contributed by atoms with Gasteiger partial charge in [-0.3, -0.25) is 14.5 Å². The quantitative estimate of drug-likeness (QED) is 0.472. The number of rotatable bonds is 9. The van der Waals surface area contributed by atoms with E-state index in [9.17, 15) is 18.4 Å². The summed E-state index contributed by atoms with van der Waals surface area (Å²) in [4.78, 5) is 27.5. The van der Waals surface area contributed by atoms with Gasteiger partial charge in [-0.1, -0.05) is 36.4 Å². The minimum atomic E-state index is -0.561. The molecular weight excluding hydrogens is 468 g/mol. The molecular formula is C27H27F2N3O4. The fourth-order valence-corrected chi connectivity index (χ4v) is 4.02. The molecule has 0 radical (unpaired) electrons. The van der Waals surface area contributed by atoms with Crippen LogP contribution < -0.4 is 15.4 Å². The van der Waals surface area contributed by atoms with Crippen molar-refractivity contribution < 1.29 is 27.8 Å². The van der Waals surface area contributed by atoms with Gasteiger partial charge in [0.2, 0.25) is 0 Å². The smallest absolute Gasteiger partial charge is 0.262 e. The highest BCUT2D eigenvalue weighted by Crippen LogP contribution is 2.23. The Labute approximate surface area is 208 Å². The van der Waals surface area contributed by atoms with Crippen LogP contribution in [0.3, 0.4) is 0 Å². The van der Waals surface area contributed by atoms with Gasteiger partial charge < -0.3 is 20.1 Å². The first-order valence-electron chi connectivity index (χ1n) is 11.6. The standard InChI is InChI=1S/C27H27F2N3O4/c28-20-7-5-6-19(16-20)24(32-12-14-35-15-13-32)17-30-27(34)21-8-1-4-11-25(21)36-18-26(33)31-23-10-3-2-9-22(23)29/h1-11,16,24H,12-15,17-18H2,(H,30,34)(H,31,33). The average Bonchev–Trinajstić information content (AvgIpc) is 2.90. The van der Waals surface area contributed by atoms with Crippen molar-refractivity contribution in [1.29, 1.82) is 0 Å². The molecule has 0 aliphatic carbocycles. The molecule has 2 amide bonds. The van der Waals surface area contributed by atoms with E-state index >= 15 is 0 Å². The summed E-state index contributed by atoms with van der Waals surface area (Å²) in [7, 11) is 0. The van der Waals surface area contributed by atoms with Crippen LogP contribution in [-0.2, 0) is 9.53 Å². The van der Waals surface area contributed by atoms with E-state index in [1.165, 1.54) is 30.3 Å². The van der Waals surface area contributed by atoms with E-state index in [1.807, 2.05) is 6.07 Å². The Hall–Kier alpha value is -3.82. The van der Waals surface area contributed by atoms with E-state index in [2.05, 4.69) is 15.5 Å². The van der Waals surface area contributed by atoms with Crippen molar-refractivity contribution in [3.05, 3.63) is 95.6 Å². The zero-order valence-electron chi connectivity index (χ0n) is 19.6. The van der Waals surface area contributed by atoms with Crippen LogP contribution in [0.25, 0.3) is 0 Å². The number of carbonyl (C=O) groups excluding carboxylic acids is 2. The maximum Gasteiger partial charge on any atom is 0.262 e. The number of nitrogens with zero attached hydrogens (tertiary/aromatic N) is 1. The Morgan fingerprint density at radius 2 is 1.72 bits per heavy atom. The van der Waals surface area contributed by atoms with Gasteiger partial charge in [-0.25, -0.2) is 8.78 Å². The predicted molar refractivity (Wildman–Crippen MR) is 131 cm³/mol. The minimum Gasteiger partial charge on any atom is -0.483 e. The number of hydrogen-bond donors (Lipinski definition) is 2. The summed E-state index contributed by atoms with van der Waals surface area (Å²) in [6, 6.07) is 18.4. The van der Waals surface area contributed by atoms with Crippen molar-refractivity contribution in [3.8, 4) is 5.75 Å². The maximum atomic E-state index is 13.9. The van der Waals surface area contributed by atoms with Crippen molar-refractivity contribution in [2.75, 3.05) is 44.8 Å². The van der Waals surface area contributed by atoms with Crippen molar-refractivity contribution >= 4 is 17.5 Å². The molecule has 1 atom stereocenters. The second-order valence-corrected chi connectivity index (χ2v) is 8.24. The highest BCUT2D eigenvalue weighted by atomic mass is 19.1. The second-order valence-electron chi connectivity index (χ2n) is 8.24. The summed E-state index contributed by atoms with van der Waals surface area (Å²) in [6.07, 6.45) is 0. The van der Waals surface area contributed by atoms with Crippen molar-refractivity contribution in [2.24, 2.45) is 0 Å². The fraction of sp³-hybridized carbons (Fsp3) is 0.259. The first-order valence-corrected chi connectivity index (χ1v) is 11.6. The highest BCUT2D eigenvalue weighted by molar-refractivity contribution is 5.97. The predicted octanol–water partition coefficient (Wildman–Crippen LogP) is 3.79. The lowest BCUT2D eigenvalue weighted by Gasteiger charge is -2.35. The number of nitrogens with one attached hydrogen (secondary N) is 2. The van der Waals surface area contributed by atoms with Crippen LogP contribution in [0, 0.1) is 11.6 Å². The van der Waals surface area contributed by atoms with Crippen LogP contribution >= 0.6 is 0 Å². The summed E-state index contributed by atoms with van der Waals surface area (Å²) < 4.78 is 38.7. The van der Waals surface area contributed by atoms with Gasteiger partial charge in [-0.15, -0.1) is 0 Å². The van der Waals surface area contributed by atoms with E-state index < -0.39 is 24.2 Å². The molecule has 2 N–H and O–H groups in total. The number of morpholine rings is 1. The number of ether oxygens (including phenoxy) is 2. The molecule has 1 fully saturated rings. The summed E-state index contributed by atoms with van der Waals surface area (Å²) in [5.41, 5.74) is 1.05. The zero-order valence-corrected chi connectivity index (χ0v) is 19.6. The molecule has 1 saturated heterocycles. The van der Waals surface area contributed by atoms with Crippen molar-refractivity contribution in [3.63, 3.8) is 0 Å². The van der Waals surface area contributed by atoms with Crippen LogP contribution in [0.4, 0.5) is 14.5 Å². The first-order chi connectivity index (χ1) is 17.5. The van der Waals surface area contributed by atoms with Crippen LogP contribution in [0.1, 0.15) is 22.0 Å². The number of hydrogen-bond acceptors (Lipinski definition) is 5. The topological polar surface area (TPSA) is 79.9 Å². The lowest BCUT2D eigenvalue weighted by Crippen LogP contribution is -2.43. The molecule has 0 spiro atoms. The largest absolute Gasteiger partial charge is 0.483 e. The molecule has 0 saturated carbocycles. The van der Waals surface area contributed by atoms with E-state index in [4.69, 9.17) is 9.47 Å². The van der Waals surface area contributed by atoms with Crippen LogP contribution in [-0.4, -0.2) is 56.2 Å². The van der Waals surface area contributed by atoms with Gasteiger partial charge >= 0.3 is 0 Å². The molecule has 9 heteroatoms. The van der Waals surface area contributed by atoms with Gasteiger partial charge in [-0.05, 0) is 42.0 Å². The third kappa shape index (κ3) is 6.65.